The number of amides is 1. The number of nitrogens with zero attached hydrogens (tertiary/aromatic N) is 2. The van der Waals surface area contributed by atoms with Gasteiger partial charge in [-0.2, -0.15) is 0 Å². The predicted octanol–water partition coefficient (Wildman–Crippen LogP) is 2.78. The third kappa shape index (κ3) is 5.86. The molecule has 0 aliphatic rings. The van der Waals surface area contributed by atoms with Gasteiger partial charge < -0.3 is 24.7 Å². The zero-order valence-corrected chi connectivity index (χ0v) is 18.0. The summed E-state index contributed by atoms with van der Waals surface area (Å²) < 4.78 is 23.3. The molecule has 2 N–H and O–H groups in total. The molecule has 0 fully saturated rings. The fourth-order valence-corrected chi connectivity index (χ4v) is 3.15. The van der Waals surface area contributed by atoms with Gasteiger partial charge in [0.2, 0.25) is 5.91 Å². The van der Waals surface area contributed by atoms with E-state index in [1.807, 2.05) is 0 Å². The Morgan fingerprint density at radius 1 is 1.24 bits per heavy atom. The van der Waals surface area contributed by atoms with Gasteiger partial charge >= 0.3 is 5.97 Å². The van der Waals surface area contributed by atoms with Crippen molar-refractivity contribution in [2.24, 2.45) is 0 Å². The number of aromatic hydroxyl groups is 1. The fourth-order valence-electron chi connectivity index (χ4n) is 3.15. The van der Waals surface area contributed by atoms with Crippen molar-refractivity contribution in [1.82, 2.24) is 9.97 Å². The molecule has 0 aliphatic heterocycles. The van der Waals surface area contributed by atoms with Gasteiger partial charge in [-0.1, -0.05) is 12.1 Å². The number of halogens is 1. The number of methoxy groups -OCH3 is 1. The van der Waals surface area contributed by atoms with Crippen LogP contribution in [-0.4, -0.2) is 53.1 Å². The van der Waals surface area contributed by atoms with Crippen LogP contribution in [0, 0.1) is 5.82 Å². The molecule has 1 amide bonds. The Morgan fingerprint density at radius 2 is 1.97 bits per heavy atom. The monoisotopic (exact) mass is 455 g/mol. The van der Waals surface area contributed by atoms with Crippen molar-refractivity contribution in [2.75, 3.05) is 19.0 Å². The second-order valence-electron chi connectivity index (χ2n) is 7.29. The standard InChI is InChI=1S/C23H22FN3O6/c1-13(12-32-2)33-23(31)20-21(30)19-17(22(27-20)26-18(29)7-8-28)10-15(11-25-19)9-14-3-5-16(24)6-4-14/h3-6,8,10-11,13,30H,7,9,12H2,1-2H3,(H,26,27,29). The normalized spacial score (nSPS) is 11.7. The molecule has 0 bridgehead atoms. The summed E-state index contributed by atoms with van der Waals surface area (Å²) in [6, 6.07) is 7.57. The van der Waals surface area contributed by atoms with Crippen molar-refractivity contribution < 1.29 is 33.4 Å². The van der Waals surface area contributed by atoms with E-state index in [2.05, 4.69) is 15.3 Å². The first-order valence-corrected chi connectivity index (χ1v) is 10.0. The van der Waals surface area contributed by atoms with Gasteiger partial charge in [0.25, 0.3) is 0 Å². The number of esters is 1. The first kappa shape index (κ1) is 23.7. The minimum absolute atomic E-state index is 0.0144. The molecule has 0 radical (unpaired) electrons. The van der Waals surface area contributed by atoms with Crippen molar-refractivity contribution in [2.45, 2.75) is 25.9 Å². The summed E-state index contributed by atoms with van der Waals surface area (Å²) in [4.78, 5) is 43.7. The molecule has 1 unspecified atom stereocenters. The lowest BCUT2D eigenvalue weighted by Gasteiger charge is -2.15. The van der Waals surface area contributed by atoms with Gasteiger partial charge in [-0.05, 0) is 42.7 Å². The molecule has 10 heteroatoms. The van der Waals surface area contributed by atoms with E-state index in [-0.39, 0.29) is 29.1 Å². The summed E-state index contributed by atoms with van der Waals surface area (Å²) in [5, 5.41) is 13.4. The van der Waals surface area contributed by atoms with Gasteiger partial charge in [0.05, 0.1) is 13.0 Å². The van der Waals surface area contributed by atoms with Crippen LogP contribution in [0.2, 0.25) is 0 Å². The van der Waals surface area contributed by atoms with Crippen LogP contribution in [0.5, 0.6) is 5.75 Å². The summed E-state index contributed by atoms with van der Waals surface area (Å²) in [6.07, 6.45) is 1.28. The van der Waals surface area contributed by atoms with E-state index in [4.69, 9.17) is 9.47 Å². The van der Waals surface area contributed by atoms with Crippen molar-refractivity contribution in [3.05, 3.63) is 59.2 Å². The van der Waals surface area contributed by atoms with Crippen LogP contribution in [0.25, 0.3) is 10.9 Å². The first-order valence-electron chi connectivity index (χ1n) is 10.0. The summed E-state index contributed by atoms with van der Waals surface area (Å²) in [5.41, 5.74) is 1.07. The molecular formula is C23H22FN3O6. The Hall–Kier alpha value is -3.92. The number of carbonyl (C=O) groups is 3. The summed E-state index contributed by atoms with van der Waals surface area (Å²) in [5.74, 6) is -2.51. The van der Waals surface area contributed by atoms with E-state index >= 15 is 0 Å². The van der Waals surface area contributed by atoms with Crippen LogP contribution in [0.4, 0.5) is 10.2 Å². The highest BCUT2D eigenvalue weighted by Gasteiger charge is 2.24. The van der Waals surface area contributed by atoms with Crippen LogP contribution in [0.15, 0.2) is 36.5 Å². The average molecular weight is 455 g/mol. The number of hydrogen-bond donors (Lipinski definition) is 2. The Morgan fingerprint density at radius 3 is 2.64 bits per heavy atom. The molecule has 3 aromatic rings. The number of ether oxygens (including phenoxy) is 2. The minimum atomic E-state index is -0.929. The zero-order valence-electron chi connectivity index (χ0n) is 18.0. The number of benzene rings is 1. The molecule has 9 nitrogen and oxygen atoms in total. The average Bonchev–Trinajstić information content (AvgIpc) is 2.77. The highest BCUT2D eigenvalue weighted by Crippen LogP contribution is 2.32. The zero-order chi connectivity index (χ0) is 24.0. The van der Waals surface area contributed by atoms with Crippen molar-refractivity contribution in [1.29, 1.82) is 0 Å². The third-order valence-electron chi connectivity index (χ3n) is 4.62. The number of anilines is 1. The number of carbonyl (C=O) groups excluding carboxylic acids is 3. The Balaban J connectivity index is 2.04. The Kier molecular flexibility index (Phi) is 7.62. The molecule has 2 heterocycles. The van der Waals surface area contributed by atoms with Gasteiger partial charge in [-0.3, -0.25) is 9.78 Å². The smallest absolute Gasteiger partial charge is 0.361 e. The quantitative estimate of drug-likeness (QED) is 0.286. The number of aromatic nitrogens is 2. The molecule has 0 saturated carbocycles. The number of rotatable bonds is 9. The van der Waals surface area contributed by atoms with Crippen LogP contribution < -0.4 is 5.32 Å². The molecule has 2 aromatic heterocycles. The minimum Gasteiger partial charge on any atom is -0.504 e. The van der Waals surface area contributed by atoms with E-state index in [1.54, 1.807) is 25.1 Å². The lowest BCUT2D eigenvalue weighted by molar-refractivity contribution is -0.120. The summed E-state index contributed by atoms with van der Waals surface area (Å²) in [6.45, 7) is 1.74. The van der Waals surface area contributed by atoms with Crippen LogP contribution in [0.3, 0.4) is 0 Å². The number of nitrogens with one attached hydrogen (secondary N) is 1. The maximum Gasteiger partial charge on any atom is 0.361 e. The highest BCUT2D eigenvalue weighted by molar-refractivity contribution is 6.07. The molecule has 33 heavy (non-hydrogen) atoms. The van der Waals surface area contributed by atoms with E-state index < -0.39 is 35.8 Å². The van der Waals surface area contributed by atoms with Gasteiger partial charge in [0, 0.05) is 18.7 Å². The number of fused-ring (bicyclic) bond motifs is 1. The summed E-state index contributed by atoms with van der Waals surface area (Å²) in [7, 11) is 1.45. The predicted molar refractivity (Wildman–Crippen MR) is 116 cm³/mol. The van der Waals surface area contributed by atoms with Gasteiger partial charge in [-0.25, -0.2) is 14.2 Å². The molecule has 3 rings (SSSR count). The van der Waals surface area contributed by atoms with Crippen LogP contribution >= 0.6 is 0 Å². The lowest BCUT2D eigenvalue weighted by atomic mass is 10.0. The van der Waals surface area contributed by atoms with E-state index in [0.29, 0.717) is 18.3 Å². The number of hydrogen-bond acceptors (Lipinski definition) is 8. The molecule has 1 aromatic carbocycles. The lowest BCUT2D eigenvalue weighted by Crippen LogP contribution is -2.21. The van der Waals surface area contributed by atoms with Gasteiger partial charge in [-0.15, -0.1) is 0 Å². The molecule has 0 aliphatic carbocycles. The molecule has 1 atom stereocenters. The number of pyridine rings is 2. The van der Waals surface area contributed by atoms with Crippen molar-refractivity contribution >= 4 is 34.9 Å². The molecule has 172 valence electrons. The van der Waals surface area contributed by atoms with Crippen molar-refractivity contribution in [3.63, 3.8) is 0 Å². The van der Waals surface area contributed by atoms with E-state index in [0.717, 1.165) is 5.56 Å². The second-order valence-corrected chi connectivity index (χ2v) is 7.29. The second kappa shape index (κ2) is 10.6. The van der Waals surface area contributed by atoms with E-state index in [1.165, 1.54) is 25.4 Å². The van der Waals surface area contributed by atoms with E-state index in [9.17, 15) is 23.9 Å². The fraction of sp³-hybridized carbons (Fsp3) is 0.261. The Bertz CT molecular complexity index is 1180. The van der Waals surface area contributed by atoms with Crippen LogP contribution in [-0.2, 0) is 25.5 Å². The third-order valence-corrected chi connectivity index (χ3v) is 4.62. The number of aldehydes is 1. The largest absolute Gasteiger partial charge is 0.504 e. The van der Waals surface area contributed by atoms with Crippen molar-refractivity contribution in [3.8, 4) is 5.75 Å². The summed E-state index contributed by atoms with van der Waals surface area (Å²) >= 11 is 0. The maximum absolute atomic E-state index is 13.2. The van der Waals surface area contributed by atoms with Gasteiger partial charge in [0.1, 0.15) is 29.5 Å². The molecular weight excluding hydrogens is 433 g/mol. The topological polar surface area (TPSA) is 128 Å². The SMILES string of the molecule is COCC(C)OC(=O)c1nc(NC(=O)CC=O)c2cc(Cc3ccc(F)cc3)cnc2c1O. The Labute approximate surface area is 188 Å². The molecule has 0 spiro atoms. The van der Waals surface area contributed by atoms with Gasteiger partial charge in [0.15, 0.2) is 11.4 Å². The first-order chi connectivity index (χ1) is 15.8. The van der Waals surface area contributed by atoms with Crippen LogP contribution in [0.1, 0.15) is 35.0 Å². The highest BCUT2D eigenvalue weighted by atomic mass is 19.1. The molecule has 0 saturated heterocycles. The maximum atomic E-state index is 13.2.